The quantitative estimate of drug-likeness (QED) is 0.153. The Bertz CT molecular complexity index is 1380. The molecule has 4 nitrogen and oxygen atoms in total. The zero-order valence-corrected chi connectivity index (χ0v) is 21.3. The lowest BCUT2D eigenvalue weighted by Gasteiger charge is -2.37. The molecule has 0 aliphatic carbocycles. The van der Waals surface area contributed by atoms with E-state index < -0.39 is 17.8 Å². The van der Waals surface area contributed by atoms with Gasteiger partial charge in [-0.2, -0.15) is 18.3 Å². The van der Waals surface area contributed by atoms with Gasteiger partial charge in [0.15, 0.2) is 6.10 Å². The fourth-order valence-corrected chi connectivity index (χ4v) is 5.20. The van der Waals surface area contributed by atoms with Crippen LogP contribution in [0.15, 0.2) is 103 Å². The van der Waals surface area contributed by atoms with Crippen molar-refractivity contribution in [2.45, 2.75) is 24.7 Å². The standard InChI is InChI=1S/C28H21F3IN3O/c1-19(28(29,30)31)36-26-24-23(17-18-33-26)35(34-25(24)32)27(20-11-5-2-6-12-20,21-13-7-3-8-14-21)22-15-9-4-10-16-22/h2-19H,1H3. The fourth-order valence-electron chi connectivity index (χ4n) is 4.48. The van der Waals surface area contributed by atoms with Crippen LogP contribution in [-0.2, 0) is 5.54 Å². The second kappa shape index (κ2) is 9.57. The maximum Gasteiger partial charge on any atom is 0.425 e. The smallest absolute Gasteiger partial charge is 0.425 e. The zero-order chi connectivity index (χ0) is 25.3. The number of rotatable bonds is 6. The minimum atomic E-state index is -4.52. The van der Waals surface area contributed by atoms with E-state index in [0.29, 0.717) is 14.6 Å². The van der Waals surface area contributed by atoms with E-state index in [0.717, 1.165) is 23.6 Å². The highest BCUT2D eigenvalue weighted by Crippen LogP contribution is 2.44. The maximum absolute atomic E-state index is 13.3. The molecule has 8 heteroatoms. The molecule has 0 fully saturated rings. The zero-order valence-electron chi connectivity index (χ0n) is 19.2. The van der Waals surface area contributed by atoms with Crippen molar-refractivity contribution in [3.63, 3.8) is 0 Å². The van der Waals surface area contributed by atoms with Crippen molar-refractivity contribution < 1.29 is 17.9 Å². The van der Waals surface area contributed by atoms with Gasteiger partial charge in [0, 0.05) is 6.20 Å². The lowest BCUT2D eigenvalue weighted by atomic mass is 9.77. The van der Waals surface area contributed by atoms with Crippen LogP contribution in [0, 0.1) is 3.70 Å². The van der Waals surface area contributed by atoms with Crippen LogP contribution in [-0.4, -0.2) is 27.0 Å². The molecule has 0 saturated carbocycles. The Labute approximate surface area is 219 Å². The Morgan fingerprint density at radius 1 is 0.778 bits per heavy atom. The first-order valence-electron chi connectivity index (χ1n) is 11.3. The van der Waals surface area contributed by atoms with Crippen molar-refractivity contribution in [3.8, 4) is 5.88 Å². The molecule has 36 heavy (non-hydrogen) atoms. The molecule has 0 N–H and O–H groups in total. The van der Waals surface area contributed by atoms with Crippen molar-refractivity contribution in [3.05, 3.63) is 124 Å². The van der Waals surface area contributed by atoms with Gasteiger partial charge < -0.3 is 4.74 Å². The molecule has 0 amide bonds. The van der Waals surface area contributed by atoms with Gasteiger partial charge in [0.1, 0.15) is 9.24 Å². The average molecular weight is 599 g/mol. The highest BCUT2D eigenvalue weighted by atomic mass is 127. The average Bonchev–Trinajstić information content (AvgIpc) is 3.23. The summed E-state index contributed by atoms with van der Waals surface area (Å²) in [5, 5.41) is 5.36. The molecule has 0 saturated heterocycles. The molecule has 2 heterocycles. The van der Waals surface area contributed by atoms with Crippen LogP contribution in [0.2, 0.25) is 0 Å². The Morgan fingerprint density at radius 2 is 1.25 bits per heavy atom. The number of pyridine rings is 1. The summed E-state index contributed by atoms with van der Waals surface area (Å²) >= 11 is 2.04. The van der Waals surface area contributed by atoms with Crippen LogP contribution < -0.4 is 4.74 Å². The number of benzene rings is 3. The van der Waals surface area contributed by atoms with Gasteiger partial charge in [-0.1, -0.05) is 91.0 Å². The van der Waals surface area contributed by atoms with E-state index in [1.54, 1.807) is 6.07 Å². The van der Waals surface area contributed by atoms with Crippen molar-refractivity contribution in [1.29, 1.82) is 0 Å². The third-order valence-corrected chi connectivity index (χ3v) is 6.91. The van der Waals surface area contributed by atoms with E-state index in [2.05, 4.69) is 4.98 Å². The van der Waals surface area contributed by atoms with Crippen LogP contribution in [0.3, 0.4) is 0 Å². The predicted octanol–water partition coefficient (Wildman–Crippen LogP) is 7.21. The summed E-state index contributed by atoms with van der Waals surface area (Å²) in [6.07, 6.45) is -5.08. The van der Waals surface area contributed by atoms with Gasteiger partial charge in [0.2, 0.25) is 5.88 Å². The van der Waals surface area contributed by atoms with Crippen LogP contribution in [0.1, 0.15) is 23.6 Å². The SMILES string of the molecule is CC(Oc1nccc2c1c(I)nn2C(c1ccccc1)(c1ccccc1)c1ccccc1)C(F)(F)F. The fraction of sp³-hybridized carbons (Fsp3) is 0.143. The predicted molar refractivity (Wildman–Crippen MR) is 141 cm³/mol. The van der Waals surface area contributed by atoms with Gasteiger partial charge in [0.05, 0.1) is 10.9 Å². The van der Waals surface area contributed by atoms with E-state index in [4.69, 9.17) is 9.84 Å². The highest BCUT2D eigenvalue weighted by molar-refractivity contribution is 14.1. The number of ether oxygens (including phenoxy) is 1. The second-order valence-electron chi connectivity index (χ2n) is 8.32. The van der Waals surface area contributed by atoms with Crippen LogP contribution in [0.5, 0.6) is 5.88 Å². The number of halogens is 4. The Morgan fingerprint density at radius 3 is 1.69 bits per heavy atom. The topological polar surface area (TPSA) is 39.9 Å². The van der Waals surface area contributed by atoms with Crippen molar-refractivity contribution in [1.82, 2.24) is 14.8 Å². The van der Waals surface area contributed by atoms with Gasteiger partial charge in [-0.25, -0.2) is 9.67 Å². The van der Waals surface area contributed by atoms with E-state index in [1.807, 2.05) is 118 Å². The third kappa shape index (κ3) is 4.13. The molecule has 0 radical (unpaired) electrons. The molecule has 5 aromatic rings. The van der Waals surface area contributed by atoms with Gasteiger partial charge in [-0.3, -0.25) is 0 Å². The molecule has 0 bridgehead atoms. The normalized spacial score (nSPS) is 13.0. The summed E-state index contributed by atoms with van der Waals surface area (Å²) in [7, 11) is 0. The van der Waals surface area contributed by atoms with Crippen molar-refractivity contribution in [2.75, 3.05) is 0 Å². The minimum Gasteiger partial charge on any atom is -0.464 e. The van der Waals surface area contributed by atoms with E-state index in [9.17, 15) is 13.2 Å². The second-order valence-corrected chi connectivity index (χ2v) is 9.34. The number of aromatic nitrogens is 3. The molecular weight excluding hydrogens is 578 g/mol. The molecule has 1 atom stereocenters. The first-order valence-corrected chi connectivity index (χ1v) is 12.3. The molecule has 3 aromatic carbocycles. The van der Waals surface area contributed by atoms with Crippen LogP contribution in [0.4, 0.5) is 13.2 Å². The van der Waals surface area contributed by atoms with Gasteiger partial charge in [0.25, 0.3) is 0 Å². The Kier molecular flexibility index (Phi) is 6.46. The summed E-state index contributed by atoms with van der Waals surface area (Å²) in [5.74, 6) is -0.101. The molecule has 2 aromatic heterocycles. The van der Waals surface area contributed by atoms with Crippen molar-refractivity contribution >= 4 is 33.5 Å². The number of fused-ring (bicyclic) bond motifs is 1. The molecule has 5 rings (SSSR count). The number of alkyl halides is 3. The summed E-state index contributed by atoms with van der Waals surface area (Å²) < 4.78 is 47.6. The summed E-state index contributed by atoms with van der Waals surface area (Å²) in [6, 6.07) is 31.6. The molecule has 0 spiro atoms. The number of hydrogen-bond donors (Lipinski definition) is 0. The van der Waals surface area contributed by atoms with E-state index in [1.165, 1.54) is 6.20 Å². The summed E-state index contributed by atoms with van der Waals surface area (Å²) in [5.41, 5.74) is 2.54. The molecular formula is C28H21F3IN3O. The summed E-state index contributed by atoms with van der Waals surface area (Å²) in [6.45, 7) is 0.972. The van der Waals surface area contributed by atoms with Gasteiger partial charge >= 0.3 is 6.18 Å². The lowest BCUT2D eigenvalue weighted by Crippen LogP contribution is -2.38. The van der Waals surface area contributed by atoms with Crippen molar-refractivity contribution in [2.24, 2.45) is 0 Å². The van der Waals surface area contributed by atoms with Crippen LogP contribution >= 0.6 is 22.6 Å². The van der Waals surface area contributed by atoms with E-state index >= 15 is 0 Å². The molecule has 0 aliphatic rings. The third-order valence-electron chi connectivity index (χ3n) is 6.16. The number of hydrogen-bond acceptors (Lipinski definition) is 3. The highest BCUT2D eigenvalue weighted by Gasteiger charge is 2.42. The first kappa shape index (κ1) is 24.3. The maximum atomic E-state index is 13.3. The number of nitrogens with zero attached hydrogens (tertiary/aromatic N) is 3. The molecule has 182 valence electrons. The van der Waals surface area contributed by atoms with Crippen LogP contribution in [0.25, 0.3) is 10.9 Å². The van der Waals surface area contributed by atoms with E-state index in [-0.39, 0.29) is 5.88 Å². The molecule has 0 aliphatic heterocycles. The molecule has 1 unspecified atom stereocenters. The first-order chi connectivity index (χ1) is 17.3. The Balaban J connectivity index is 1.86. The summed E-state index contributed by atoms with van der Waals surface area (Å²) in [4.78, 5) is 4.15. The van der Waals surface area contributed by atoms with Gasteiger partial charge in [-0.15, -0.1) is 0 Å². The van der Waals surface area contributed by atoms with Gasteiger partial charge in [-0.05, 0) is 52.3 Å². The Hall–Kier alpha value is -3.40. The lowest BCUT2D eigenvalue weighted by molar-refractivity contribution is -0.189. The monoisotopic (exact) mass is 599 g/mol. The largest absolute Gasteiger partial charge is 0.464 e. The minimum absolute atomic E-state index is 0.101.